The van der Waals surface area contributed by atoms with E-state index >= 15 is 0 Å². The van der Waals surface area contributed by atoms with E-state index in [1.807, 2.05) is 6.20 Å². The summed E-state index contributed by atoms with van der Waals surface area (Å²) < 4.78 is 0. The van der Waals surface area contributed by atoms with Gasteiger partial charge >= 0.3 is 0 Å². The summed E-state index contributed by atoms with van der Waals surface area (Å²) in [7, 11) is 0. The first-order valence-corrected chi connectivity index (χ1v) is 6.60. The lowest BCUT2D eigenvalue weighted by Gasteiger charge is -2.30. The first kappa shape index (κ1) is 11.7. The lowest BCUT2D eigenvalue weighted by Crippen LogP contribution is -2.35. The number of aryl methyl sites for hydroxylation is 1. The standard InChI is InChI=1S/C14H20N4/c1-14(2)4-3-12-10(8-14)7-11(9-17-12)13-16-5-6-18(13)15/h7,9H,3-6,8,15H2,1-2H3. The van der Waals surface area contributed by atoms with Crippen molar-refractivity contribution in [3.05, 3.63) is 29.1 Å². The molecule has 0 aromatic carbocycles. The molecular weight excluding hydrogens is 224 g/mol. The molecule has 0 bridgehead atoms. The zero-order valence-electron chi connectivity index (χ0n) is 11.1. The van der Waals surface area contributed by atoms with Crippen LogP contribution in [0.5, 0.6) is 0 Å². The maximum absolute atomic E-state index is 5.92. The number of hydrazine groups is 1. The van der Waals surface area contributed by atoms with E-state index in [9.17, 15) is 0 Å². The third-order valence-electron chi connectivity index (χ3n) is 3.90. The number of fused-ring (bicyclic) bond motifs is 1. The Hall–Kier alpha value is -1.42. The Labute approximate surface area is 108 Å². The summed E-state index contributed by atoms with van der Waals surface area (Å²) in [5, 5.41) is 1.72. The highest BCUT2D eigenvalue weighted by atomic mass is 15.5. The van der Waals surface area contributed by atoms with Crippen LogP contribution in [0.15, 0.2) is 17.3 Å². The van der Waals surface area contributed by atoms with Gasteiger partial charge in [-0.1, -0.05) is 13.8 Å². The molecule has 1 aliphatic carbocycles. The van der Waals surface area contributed by atoms with E-state index in [0.717, 1.165) is 37.3 Å². The van der Waals surface area contributed by atoms with Crippen molar-refractivity contribution in [3.63, 3.8) is 0 Å². The van der Waals surface area contributed by atoms with Crippen LogP contribution in [-0.2, 0) is 12.8 Å². The van der Waals surface area contributed by atoms with Crippen molar-refractivity contribution in [1.82, 2.24) is 9.99 Å². The molecule has 0 saturated carbocycles. The van der Waals surface area contributed by atoms with Gasteiger partial charge in [0.25, 0.3) is 0 Å². The summed E-state index contributed by atoms with van der Waals surface area (Å²) in [6.07, 6.45) is 5.32. The van der Waals surface area contributed by atoms with E-state index in [4.69, 9.17) is 5.84 Å². The Balaban J connectivity index is 1.96. The topological polar surface area (TPSA) is 54.5 Å². The van der Waals surface area contributed by atoms with Gasteiger partial charge in [-0.3, -0.25) is 15.0 Å². The fraction of sp³-hybridized carbons (Fsp3) is 0.571. The lowest BCUT2D eigenvalue weighted by molar-refractivity contribution is 0.312. The second-order valence-electron chi connectivity index (χ2n) is 6.07. The van der Waals surface area contributed by atoms with Crippen LogP contribution in [0.25, 0.3) is 0 Å². The smallest absolute Gasteiger partial charge is 0.146 e. The number of aromatic nitrogens is 1. The second kappa shape index (κ2) is 4.05. The molecule has 0 radical (unpaired) electrons. The predicted octanol–water partition coefficient (Wildman–Crippen LogP) is 1.53. The Bertz CT molecular complexity index is 505. The maximum Gasteiger partial charge on any atom is 0.146 e. The predicted molar refractivity (Wildman–Crippen MR) is 72.3 cm³/mol. The molecule has 3 rings (SSSR count). The van der Waals surface area contributed by atoms with Gasteiger partial charge in [-0.15, -0.1) is 0 Å². The van der Waals surface area contributed by atoms with Gasteiger partial charge in [0.15, 0.2) is 0 Å². The molecule has 0 unspecified atom stereocenters. The summed E-state index contributed by atoms with van der Waals surface area (Å²) in [5.41, 5.74) is 4.06. The van der Waals surface area contributed by atoms with Crippen molar-refractivity contribution < 1.29 is 0 Å². The highest BCUT2D eigenvalue weighted by Gasteiger charge is 2.27. The van der Waals surface area contributed by atoms with Crippen LogP contribution in [0.4, 0.5) is 0 Å². The number of rotatable bonds is 1. The van der Waals surface area contributed by atoms with Crippen LogP contribution in [0, 0.1) is 5.41 Å². The van der Waals surface area contributed by atoms with Gasteiger partial charge < -0.3 is 0 Å². The van der Waals surface area contributed by atoms with E-state index in [-0.39, 0.29) is 0 Å². The molecule has 0 spiro atoms. The van der Waals surface area contributed by atoms with E-state index in [0.29, 0.717) is 5.41 Å². The average Bonchev–Trinajstić information content (AvgIpc) is 2.73. The third kappa shape index (κ3) is 2.01. The minimum atomic E-state index is 0.382. The number of aliphatic imine (C=N–C) groups is 1. The van der Waals surface area contributed by atoms with Gasteiger partial charge in [0.2, 0.25) is 0 Å². The van der Waals surface area contributed by atoms with Gasteiger partial charge in [0, 0.05) is 17.5 Å². The molecular formula is C14H20N4. The van der Waals surface area contributed by atoms with Crippen molar-refractivity contribution in [1.29, 1.82) is 0 Å². The first-order chi connectivity index (χ1) is 8.55. The fourth-order valence-corrected chi connectivity index (χ4v) is 2.82. The third-order valence-corrected chi connectivity index (χ3v) is 3.90. The number of amidine groups is 1. The summed E-state index contributed by atoms with van der Waals surface area (Å²) in [5.74, 6) is 6.80. The van der Waals surface area contributed by atoms with Crippen LogP contribution < -0.4 is 5.84 Å². The van der Waals surface area contributed by atoms with Gasteiger partial charge in [-0.25, -0.2) is 5.84 Å². The molecule has 0 saturated heterocycles. The van der Waals surface area contributed by atoms with Gasteiger partial charge in [-0.2, -0.15) is 0 Å². The lowest BCUT2D eigenvalue weighted by atomic mass is 9.76. The van der Waals surface area contributed by atoms with Gasteiger partial charge in [0.1, 0.15) is 5.84 Å². The molecule has 0 atom stereocenters. The van der Waals surface area contributed by atoms with Crippen LogP contribution in [0.2, 0.25) is 0 Å². The molecule has 96 valence electrons. The number of nitrogens with zero attached hydrogens (tertiary/aromatic N) is 3. The quantitative estimate of drug-likeness (QED) is 0.762. The summed E-state index contributed by atoms with van der Waals surface area (Å²) >= 11 is 0. The molecule has 0 amide bonds. The van der Waals surface area contributed by atoms with E-state index < -0.39 is 0 Å². The molecule has 2 heterocycles. The first-order valence-electron chi connectivity index (χ1n) is 6.60. The maximum atomic E-state index is 5.92. The average molecular weight is 244 g/mol. The second-order valence-corrected chi connectivity index (χ2v) is 6.07. The molecule has 1 aromatic rings. The molecule has 4 nitrogen and oxygen atoms in total. The summed E-state index contributed by atoms with van der Waals surface area (Å²) in [4.78, 5) is 9.05. The van der Waals surface area contributed by atoms with E-state index in [1.165, 1.54) is 17.7 Å². The monoisotopic (exact) mass is 244 g/mol. The molecule has 1 aliphatic heterocycles. The minimum Gasteiger partial charge on any atom is -0.293 e. The molecule has 4 heteroatoms. The number of hydrogen-bond donors (Lipinski definition) is 1. The molecule has 2 N–H and O–H groups in total. The molecule has 0 fully saturated rings. The Kier molecular flexibility index (Phi) is 2.63. The fourth-order valence-electron chi connectivity index (χ4n) is 2.82. The van der Waals surface area contributed by atoms with Crippen LogP contribution >= 0.6 is 0 Å². The largest absolute Gasteiger partial charge is 0.293 e. The van der Waals surface area contributed by atoms with Crippen molar-refractivity contribution in [3.8, 4) is 0 Å². The Morgan fingerprint density at radius 2 is 2.22 bits per heavy atom. The van der Waals surface area contributed by atoms with Crippen molar-refractivity contribution >= 4 is 5.84 Å². The van der Waals surface area contributed by atoms with Gasteiger partial charge in [-0.05, 0) is 36.3 Å². The summed E-state index contributed by atoms with van der Waals surface area (Å²) in [6, 6.07) is 2.23. The minimum absolute atomic E-state index is 0.382. The van der Waals surface area contributed by atoms with E-state index in [1.54, 1.807) is 5.01 Å². The zero-order chi connectivity index (χ0) is 12.8. The Morgan fingerprint density at radius 1 is 1.39 bits per heavy atom. The van der Waals surface area contributed by atoms with Crippen molar-refractivity contribution in [2.45, 2.75) is 33.1 Å². The molecule has 2 aliphatic rings. The highest BCUT2D eigenvalue weighted by Crippen LogP contribution is 2.34. The molecule has 1 aromatic heterocycles. The number of nitrogens with two attached hydrogens (primary N) is 1. The number of hydrogen-bond acceptors (Lipinski definition) is 4. The SMILES string of the molecule is CC1(C)CCc2ncc(C3=NCCN3N)cc2C1. The van der Waals surface area contributed by atoms with E-state index in [2.05, 4.69) is 29.9 Å². The van der Waals surface area contributed by atoms with Gasteiger partial charge in [0.05, 0.1) is 13.1 Å². The number of pyridine rings is 1. The molecule has 18 heavy (non-hydrogen) atoms. The van der Waals surface area contributed by atoms with Crippen LogP contribution in [0.3, 0.4) is 0 Å². The highest BCUT2D eigenvalue weighted by molar-refractivity contribution is 5.99. The van der Waals surface area contributed by atoms with Crippen molar-refractivity contribution in [2.75, 3.05) is 13.1 Å². The summed E-state index contributed by atoms with van der Waals surface area (Å²) in [6.45, 7) is 6.24. The van der Waals surface area contributed by atoms with Crippen LogP contribution in [0.1, 0.15) is 37.1 Å². The van der Waals surface area contributed by atoms with Crippen LogP contribution in [-0.4, -0.2) is 28.9 Å². The van der Waals surface area contributed by atoms with Crippen molar-refractivity contribution in [2.24, 2.45) is 16.3 Å². The normalized spacial score (nSPS) is 21.7. The Morgan fingerprint density at radius 3 is 2.94 bits per heavy atom. The zero-order valence-corrected chi connectivity index (χ0v) is 11.1.